The van der Waals surface area contributed by atoms with Gasteiger partial charge < -0.3 is 5.11 Å². The Balaban J connectivity index is 1.97. The molecule has 2 aromatic carbocycles. The molecule has 0 aliphatic carbocycles. The quantitative estimate of drug-likeness (QED) is 0.742. The van der Waals surface area contributed by atoms with E-state index in [1.54, 1.807) is 0 Å². The number of phenols is 1. The molecule has 0 aliphatic rings. The van der Waals surface area contributed by atoms with E-state index in [1.807, 2.05) is 0 Å². The van der Waals surface area contributed by atoms with Gasteiger partial charge in [-0.3, -0.25) is 4.79 Å². The fraction of sp³-hybridized carbons (Fsp3) is 0. The molecular formula is C16H9F2NO2S. The Hall–Kier alpha value is -2.60. The van der Waals surface area contributed by atoms with E-state index in [1.165, 1.54) is 35.7 Å². The topological polar surface area (TPSA) is 50.2 Å². The number of benzene rings is 2. The average Bonchev–Trinajstić information content (AvgIpc) is 2.97. The SMILES string of the molecule is O=C(c1ccc(O)cc1)c1nc(-c2c(F)cccc2F)cs1. The molecule has 1 heterocycles. The average molecular weight is 317 g/mol. The summed E-state index contributed by atoms with van der Waals surface area (Å²) in [7, 11) is 0. The van der Waals surface area contributed by atoms with Crippen molar-refractivity contribution >= 4 is 17.1 Å². The zero-order valence-corrected chi connectivity index (χ0v) is 11.9. The number of ketones is 1. The lowest BCUT2D eigenvalue weighted by molar-refractivity contribution is 0.103. The second kappa shape index (κ2) is 5.65. The molecule has 0 spiro atoms. The molecule has 3 aromatic rings. The van der Waals surface area contributed by atoms with Crippen molar-refractivity contribution in [2.24, 2.45) is 0 Å². The van der Waals surface area contributed by atoms with E-state index < -0.39 is 11.6 Å². The van der Waals surface area contributed by atoms with Gasteiger partial charge in [0.2, 0.25) is 5.78 Å². The molecule has 0 saturated carbocycles. The van der Waals surface area contributed by atoms with Gasteiger partial charge >= 0.3 is 0 Å². The molecule has 0 aliphatic heterocycles. The minimum absolute atomic E-state index is 0.0461. The first-order chi connectivity index (χ1) is 10.6. The van der Waals surface area contributed by atoms with Crippen molar-refractivity contribution < 1.29 is 18.7 Å². The van der Waals surface area contributed by atoms with Crippen LogP contribution in [0, 0.1) is 11.6 Å². The monoisotopic (exact) mass is 317 g/mol. The van der Waals surface area contributed by atoms with Crippen molar-refractivity contribution in [1.29, 1.82) is 0 Å². The molecule has 0 bridgehead atoms. The molecule has 3 nitrogen and oxygen atoms in total. The van der Waals surface area contributed by atoms with Crippen molar-refractivity contribution in [3.63, 3.8) is 0 Å². The second-order valence-electron chi connectivity index (χ2n) is 4.51. The standard InChI is InChI=1S/C16H9F2NO2S/c17-11-2-1-3-12(18)14(11)13-8-22-16(19-13)15(21)9-4-6-10(20)7-5-9/h1-8,20H. The lowest BCUT2D eigenvalue weighted by atomic mass is 10.1. The highest BCUT2D eigenvalue weighted by Gasteiger charge is 2.18. The van der Waals surface area contributed by atoms with Crippen molar-refractivity contribution in [3.05, 3.63) is 70.1 Å². The molecular weight excluding hydrogens is 308 g/mol. The van der Waals surface area contributed by atoms with Crippen molar-refractivity contribution in [1.82, 2.24) is 4.98 Å². The molecule has 22 heavy (non-hydrogen) atoms. The molecule has 0 atom stereocenters. The summed E-state index contributed by atoms with van der Waals surface area (Å²) in [5.74, 6) is -1.78. The van der Waals surface area contributed by atoms with Crippen LogP contribution in [0.3, 0.4) is 0 Å². The minimum atomic E-state index is -0.728. The van der Waals surface area contributed by atoms with Crippen LogP contribution in [-0.4, -0.2) is 15.9 Å². The lowest BCUT2D eigenvalue weighted by Gasteiger charge is -2.01. The number of phenolic OH excluding ortho intramolecular Hbond substituents is 1. The van der Waals surface area contributed by atoms with Gasteiger partial charge in [0, 0.05) is 10.9 Å². The molecule has 110 valence electrons. The molecule has 0 saturated heterocycles. The Morgan fingerprint density at radius 1 is 1.05 bits per heavy atom. The summed E-state index contributed by atoms with van der Waals surface area (Å²) in [5.41, 5.74) is 0.180. The Bertz CT molecular complexity index is 823. The van der Waals surface area contributed by atoms with Gasteiger partial charge in [0.05, 0.1) is 11.3 Å². The number of aromatic hydroxyl groups is 1. The van der Waals surface area contributed by atoms with Crippen LogP contribution in [0.5, 0.6) is 5.75 Å². The van der Waals surface area contributed by atoms with Crippen molar-refractivity contribution in [2.75, 3.05) is 0 Å². The highest BCUT2D eigenvalue weighted by molar-refractivity contribution is 7.12. The van der Waals surface area contributed by atoms with Gasteiger partial charge in [-0.05, 0) is 36.4 Å². The molecule has 3 rings (SSSR count). The van der Waals surface area contributed by atoms with E-state index in [2.05, 4.69) is 4.98 Å². The minimum Gasteiger partial charge on any atom is -0.508 e. The maximum absolute atomic E-state index is 13.7. The highest BCUT2D eigenvalue weighted by atomic mass is 32.1. The first kappa shape index (κ1) is 14.3. The molecule has 1 aromatic heterocycles. The molecule has 1 N–H and O–H groups in total. The lowest BCUT2D eigenvalue weighted by Crippen LogP contribution is -2.00. The van der Waals surface area contributed by atoms with Crippen LogP contribution >= 0.6 is 11.3 Å². The predicted molar refractivity (Wildman–Crippen MR) is 79.0 cm³/mol. The fourth-order valence-electron chi connectivity index (χ4n) is 1.97. The summed E-state index contributed by atoms with van der Waals surface area (Å²) < 4.78 is 27.5. The maximum atomic E-state index is 13.7. The molecule has 0 amide bonds. The third-order valence-corrected chi connectivity index (χ3v) is 3.89. The number of aromatic nitrogens is 1. The highest BCUT2D eigenvalue weighted by Crippen LogP contribution is 2.28. The Morgan fingerprint density at radius 3 is 2.32 bits per heavy atom. The van der Waals surface area contributed by atoms with Crippen LogP contribution < -0.4 is 0 Å². The van der Waals surface area contributed by atoms with E-state index in [9.17, 15) is 18.7 Å². The van der Waals surface area contributed by atoms with Gasteiger partial charge in [0.1, 0.15) is 17.4 Å². The first-order valence-corrected chi connectivity index (χ1v) is 7.18. The number of carbonyl (C=O) groups excluding carboxylic acids is 1. The molecule has 0 fully saturated rings. The summed E-state index contributed by atoms with van der Waals surface area (Å²) >= 11 is 1.01. The fourth-order valence-corrected chi connectivity index (χ4v) is 2.74. The normalized spacial score (nSPS) is 10.6. The van der Waals surface area contributed by atoms with Crippen molar-refractivity contribution in [3.8, 4) is 17.0 Å². The van der Waals surface area contributed by atoms with E-state index in [0.717, 1.165) is 23.5 Å². The third-order valence-electron chi connectivity index (χ3n) is 3.05. The zero-order valence-electron chi connectivity index (χ0n) is 11.1. The second-order valence-corrected chi connectivity index (χ2v) is 5.37. The van der Waals surface area contributed by atoms with Gasteiger partial charge in [-0.2, -0.15) is 0 Å². The Labute approximate surface area is 128 Å². The number of hydrogen-bond acceptors (Lipinski definition) is 4. The molecule has 0 radical (unpaired) electrons. The summed E-state index contributed by atoms with van der Waals surface area (Å²) in [5, 5.41) is 10.8. The third kappa shape index (κ3) is 2.60. The van der Waals surface area contributed by atoms with Gasteiger partial charge in [0.15, 0.2) is 5.01 Å². The zero-order chi connectivity index (χ0) is 15.7. The largest absolute Gasteiger partial charge is 0.508 e. The maximum Gasteiger partial charge on any atom is 0.221 e. The van der Waals surface area contributed by atoms with Crippen LogP contribution in [-0.2, 0) is 0 Å². The Kier molecular flexibility index (Phi) is 3.68. The predicted octanol–water partition coefficient (Wildman–Crippen LogP) is 4.02. The van der Waals surface area contributed by atoms with E-state index in [-0.39, 0.29) is 27.8 Å². The van der Waals surface area contributed by atoms with Crippen LogP contribution in [0.25, 0.3) is 11.3 Å². The number of hydrogen-bond donors (Lipinski definition) is 1. The van der Waals surface area contributed by atoms with Gasteiger partial charge in [-0.15, -0.1) is 11.3 Å². The van der Waals surface area contributed by atoms with Crippen LogP contribution in [0.15, 0.2) is 47.8 Å². The van der Waals surface area contributed by atoms with Gasteiger partial charge in [0.25, 0.3) is 0 Å². The van der Waals surface area contributed by atoms with Gasteiger partial charge in [-0.25, -0.2) is 13.8 Å². The Morgan fingerprint density at radius 2 is 1.68 bits per heavy atom. The first-order valence-electron chi connectivity index (χ1n) is 6.30. The van der Waals surface area contributed by atoms with E-state index in [4.69, 9.17) is 0 Å². The number of thiazole rings is 1. The summed E-state index contributed by atoms with van der Waals surface area (Å²) in [6, 6.07) is 9.24. The van der Waals surface area contributed by atoms with Crippen LogP contribution in [0.2, 0.25) is 0 Å². The number of carbonyl (C=O) groups is 1. The van der Waals surface area contributed by atoms with Gasteiger partial charge in [-0.1, -0.05) is 6.07 Å². The van der Waals surface area contributed by atoms with E-state index in [0.29, 0.717) is 5.56 Å². The molecule has 0 unspecified atom stereocenters. The van der Waals surface area contributed by atoms with Crippen molar-refractivity contribution in [2.45, 2.75) is 0 Å². The van der Waals surface area contributed by atoms with Crippen LogP contribution in [0.1, 0.15) is 15.4 Å². The smallest absolute Gasteiger partial charge is 0.221 e. The molecule has 6 heteroatoms. The van der Waals surface area contributed by atoms with Crippen LogP contribution in [0.4, 0.5) is 8.78 Å². The summed E-state index contributed by atoms with van der Waals surface area (Å²) in [6.45, 7) is 0. The van der Waals surface area contributed by atoms with E-state index >= 15 is 0 Å². The number of rotatable bonds is 3. The number of halogens is 2. The number of nitrogens with zero attached hydrogens (tertiary/aromatic N) is 1. The summed E-state index contributed by atoms with van der Waals surface area (Å²) in [4.78, 5) is 16.3. The summed E-state index contributed by atoms with van der Waals surface area (Å²) in [6.07, 6.45) is 0.